The van der Waals surface area contributed by atoms with Crippen molar-refractivity contribution in [3.8, 4) is 0 Å². The average Bonchev–Trinajstić information content (AvgIpc) is 3.04. The molecule has 0 bridgehead atoms. The second-order valence-corrected chi connectivity index (χ2v) is 8.48. The van der Waals surface area contributed by atoms with Gasteiger partial charge in [-0.25, -0.2) is 22.2 Å². The van der Waals surface area contributed by atoms with Crippen LogP contribution in [0.25, 0.3) is 0 Å². The predicted octanol–water partition coefficient (Wildman–Crippen LogP) is 4.83. The van der Waals surface area contributed by atoms with Crippen molar-refractivity contribution in [2.45, 2.75) is 17.5 Å². The van der Waals surface area contributed by atoms with Crippen molar-refractivity contribution >= 4 is 26.5 Å². The number of alkyl halides is 3. The minimum absolute atomic E-state index is 0.00233. The molecule has 0 aliphatic heterocycles. The third kappa shape index (κ3) is 4.65. The van der Waals surface area contributed by atoms with E-state index in [1.54, 1.807) is 0 Å². The quantitative estimate of drug-likeness (QED) is 0.585. The Morgan fingerprint density at radius 3 is 2.29 bits per heavy atom. The number of anilines is 1. The molecule has 0 unspecified atom stereocenters. The van der Waals surface area contributed by atoms with Crippen LogP contribution in [0.5, 0.6) is 0 Å². The SMILES string of the molecule is O=S(=O)(Nc1ncc(Cc2ccc(F)c(F)c2)s1)c1ccc(C(F)(F)F)cc1. The minimum Gasteiger partial charge on any atom is -0.255 e. The molecule has 4 nitrogen and oxygen atoms in total. The minimum atomic E-state index is -4.57. The molecule has 2 aromatic carbocycles. The largest absolute Gasteiger partial charge is 0.416 e. The molecule has 0 amide bonds. The number of aromatic nitrogens is 1. The highest BCUT2D eigenvalue weighted by molar-refractivity contribution is 7.93. The van der Waals surface area contributed by atoms with Gasteiger partial charge in [-0.05, 0) is 42.0 Å². The fourth-order valence-corrected chi connectivity index (χ4v) is 4.37. The van der Waals surface area contributed by atoms with Crippen LogP contribution >= 0.6 is 11.3 Å². The fourth-order valence-electron chi connectivity index (χ4n) is 2.28. The first kappa shape index (κ1) is 20.2. The van der Waals surface area contributed by atoms with Crippen molar-refractivity contribution in [2.75, 3.05) is 4.72 Å². The summed E-state index contributed by atoms with van der Waals surface area (Å²) in [5.74, 6) is -1.97. The normalized spacial score (nSPS) is 12.2. The monoisotopic (exact) mass is 434 g/mol. The lowest BCUT2D eigenvalue weighted by atomic mass is 10.1. The van der Waals surface area contributed by atoms with Crippen LogP contribution in [0, 0.1) is 11.6 Å². The second-order valence-electron chi connectivity index (χ2n) is 5.68. The molecule has 3 aromatic rings. The number of nitrogens with one attached hydrogen (secondary N) is 1. The maximum Gasteiger partial charge on any atom is 0.416 e. The van der Waals surface area contributed by atoms with Gasteiger partial charge < -0.3 is 0 Å². The van der Waals surface area contributed by atoms with Gasteiger partial charge in [-0.1, -0.05) is 6.07 Å². The molecule has 0 radical (unpaired) electrons. The van der Waals surface area contributed by atoms with Gasteiger partial charge in [-0.15, -0.1) is 11.3 Å². The number of hydrogen-bond donors (Lipinski definition) is 1. The van der Waals surface area contributed by atoms with E-state index in [-0.39, 0.29) is 16.4 Å². The van der Waals surface area contributed by atoms with Gasteiger partial charge in [-0.3, -0.25) is 4.72 Å². The van der Waals surface area contributed by atoms with E-state index in [0.29, 0.717) is 22.6 Å². The number of nitrogens with zero attached hydrogens (tertiary/aromatic N) is 1. The van der Waals surface area contributed by atoms with Gasteiger partial charge in [0.15, 0.2) is 16.8 Å². The molecule has 0 fully saturated rings. The van der Waals surface area contributed by atoms with E-state index in [1.807, 2.05) is 0 Å². The van der Waals surface area contributed by atoms with Gasteiger partial charge >= 0.3 is 6.18 Å². The Hall–Kier alpha value is -2.53. The number of sulfonamides is 1. The molecule has 0 atom stereocenters. The van der Waals surface area contributed by atoms with Crippen LogP contribution in [0.1, 0.15) is 16.0 Å². The lowest BCUT2D eigenvalue weighted by molar-refractivity contribution is -0.137. The number of benzene rings is 2. The zero-order chi connectivity index (χ0) is 20.5. The average molecular weight is 434 g/mol. The van der Waals surface area contributed by atoms with Gasteiger partial charge in [0.25, 0.3) is 10.0 Å². The van der Waals surface area contributed by atoms with Crippen LogP contribution in [-0.4, -0.2) is 13.4 Å². The molecule has 3 rings (SSSR count). The molecule has 0 aliphatic rings. The van der Waals surface area contributed by atoms with Crippen LogP contribution in [0.15, 0.2) is 53.6 Å². The summed E-state index contributed by atoms with van der Waals surface area (Å²) in [7, 11) is -4.13. The van der Waals surface area contributed by atoms with Gasteiger partial charge in [-0.2, -0.15) is 13.2 Å². The van der Waals surface area contributed by atoms with E-state index in [4.69, 9.17) is 0 Å². The summed E-state index contributed by atoms with van der Waals surface area (Å²) < 4.78 is 90.7. The summed E-state index contributed by atoms with van der Waals surface area (Å²) in [4.78, 5) is 4.13. The molecule has 1 aromatic heterocycles. The lowest BCUT2D eigenvalue weighted by Crippen LogP contribution is -2.13. The maximum atomic E-state index is 13.3. The van der Waals surface area contributed by atoms with Gasteiger partial charge in [0, 0.05) is 17.5 Å². The molecule has 0 saturated carbocycles. The number of halogens is 5. The van der Waals surface area contributed by atoms with E-state index in [9.17, 15) is 30.4 Å². The van der Waals surface area contributed by atoms with E-state index in [1.165, 1.54) is 12.3 Å². The van der Waals surface area contributed by atoms with Gasteiger partial charge in [0.2, 0.25) is 0 Å². The van der Waals surface area contributed by atoms with Crippen LogP contribution in [0.4, 0.5) is 27.1 Å². The third-order valence-corrected chi connectivity index (χ3v) is 6.03. The van der Waals surface area contributed by atoms with E-state index < -0.39 is 33.4 Å². The van der Waals surface area contributed by atoms with E-state index in [0.717, 1.165) is 35.6 Å². The van der Waals surface area contributed by atoms with Crippen molar-refractivity contribution in [1.29, 1.82) is 0 Å². The van der Waals surface area contributed by atoms with Crippen molar-refractivity contribution in [3.05, 3.63) is 76.3 Å². The summed E-state index contributed by atoms with van der Waals surface area (Å²) in [6.07, 6.45) is -2.99. The van der Waals surface area contributed by atoms with Gasteiger partial charge in [0.1, 0.15) is 0 Å². The van der Waals surface area contributed by atoms with Crippen molar-refractivity contribution < 1.29 is 30.4 Å². The van der Waals surface area contributed by atoms with Crippen LogP contribution < -0.4 is 4.72 Å². The second kappa shape index (κ2) is 7.47. The summed E-state index contributed by atoms with van der Waals surface area (Å²) in [5.41, 5.74) is -0.491. The Morgan fingerprint density at radius 2 is 1.68 bits per heavy atom. The first-order chi connectivity index (χ1) is 13.0. The Labute approximate surface area is 160 Å². The van der Waals surface area contributed by atoms with E-state index in [2.05, 4.69) is 9.71 Å². The summed E-state index contributed by atoms with van der Waals surface area (Å²) in [5, 5.41) is -0.00233. The summed E-state index contributed by atoms with van der Waals surface area (Å²) >= 11 is 0.969. The first-order valence-electron chi connectivity index (χ1n) is 7.63. The first-order valence-corrected chi connectivity index (χ1v) is 9.93. The summed E-state index contributed by atoms with van der Waals surface area (Å²) in [6.45, 7) is 0. The molecular formula is C17H11F5N2O2S2. The van der Waals surface area contributed by atoms with Gasteiger partial charge in [0.05, 0.1) is 10.5 Å². The Morgan fingerprint density at radius 1 is 1.00 bits per heavy atom. The highest BCUT2D eigenvalue weighted by atomic mass is 32.2. The molecule has 0 spiro atoms. The zero-order valence-electron chi connectivity index (χ0n) is 13.8. The third-order valence-electron chi connectivity index (χ3n) is 3.63. The standard InChI is InChI=1S/C17H11F5N2O2S2/c18-14-6-1-10(8-15(14)19)7-12-9-23-16(27-12)24-28(25,26)13-4-2-11(3-5-13)17(20,21)22/h1-6,8-9H,7H2,(H,23,24). The fraction of sp³-hybridized carbons (Fsp3) is 0.118. The van der Waals surface area contributed by atoms with Crippen molar-refractivity contribution in [3.63, 3.8) is 0 Å². The molecule has 0 aliphatic carbocycles. The highest BCUT2D eigenvalue weighted by Gasteiger charge is 2.30. The molecule has 1 heterocycles. The van der Waals surface area contributed by atoms with Crippen molar-refractivity contribution in [2.24, 2.45) is 0 Å². The molecular weight excluding hydrogens is 423 g/mol. The van der Waals surface area contributed by atoms with Crippen LogP contribution in [0.2, 0.25) is 0 Å². The molecule has 11 heteroatoms. The summed E-state index contributed by atoms with van der Waals surface area (Å²) in [6, 6.07) is 6.45. The molecule has 1 N–H and O–H groups in total. The lowest BCUT2D eigenvalue weighted by Gasteiger charge is -2.08. The topological polar surface area (TPSA) is 59.1 Å². The van der Waals surface area contributed by atoms with Crippen LogP contribution in [0.3, 0.4) is 0 Å². The number of hydrogen-bond acceptors (Lipinski definition) is 4. The molecule has 0 saturated heterocycles. The van der Waals surface area contributed by atoms with Crippen molar-refractivity contribution in [1.82, 2.24) is 4.98 Å². The Balaban J connectivity index is 1.73. The molecule has 28 heavy (non-hydrogen) atoms. The highest BCUT2D eigenvalue weighted by Crippen LogP contribution is 2.30. The predicted molar refractivity (Wildman–Crippen MR) is 93.5 cm³/mol. The Kier molecular flexibility index (Phi) is 5.39. The Bertz CT molecular complexity index is 1090. The zero-order valence-corrected chi connectivity index (χ0v) is 15.4. The maximum absolute atomic E-state index is 13.3. The van der Waals surface area contributed by atoms with E-state index >= 15 is 0 Å². The number of rotatable bonds is 5. The molecule has 148 valence electrons. The smallest absolute Gasteiger partial charge is 0.255 e. The van der Waals surface area contributed by atoms with Crippen LogP contribution in [-0.2, 0) is 22.6 Å². The number of thiazole rings is 1.